The molecule has 4 nitrogen and oxygen atoms in total. The summed E-state index contributed by atoms with van der Waals surface area (Å²) in [7, 11) is 0. The summed E-state index contributed by atoms with van der Waals surface area (Å²) < 4.78 is 9.34. The molecule has 0 aliphatic carbocycles. The fraction of sp³-hybridized carbons (Fsp3) is 0. The average molecular weight is 784 g/mol. The van der Waals surface area contributed by atoms with Gasteiger partial charge in [-0.3, -0.25) is 4.98 Å². The van der Waals surface area contributed by atoms with Gasteiger partial charge in [-0.2, -0.15) is 0 Å². The van der Waals surface area contributed by atoms with E-state index in [4.69, 9.17) is 14.4 Å². The Hall–Kier alpha value is -7.73. The van der Waals surface area contributed by atoms with Gasteiger partial charge in [-0.05, 0) is 58.7 Å². The van der Waals surface area contributed by atoms with Gasteiger partial charge in [-0.15, -0.1) is 11.3 Å². The molecule has 4 heterocycles. The standard InChI is InChI=1S/C55H33N3OS/c1-2-11-36(12-3-1)48-33-49(58-55(57-48)38-28-24-34(25-29-38)39-15-9-19-47-41(39)18-10-32-56-47)37-26-22-35(23-27-37)40-30-31-43(52-46-14-4-6-20-50(46)59-53(40)52)45-17-8-16-44-42-13-5-7-21-51(42)60-54(44)45/h1-33H. The van der Waals surface area contributed by atoms with Crippen molar-refractivity contribution in [3.8, 4) is 67.3 Å². The third-order valence-corrected chi connectivity index (χ3v) is 12.8. The number of hydrogen-bond acceptors (Lipinski definition) is 5. The van der Waals surface area contributed by atoms with Crippen LogP contribution < -0.4 is 0 Å². The number of benzene rings is 8. The summed E-state index contributed by atoms with van der Waals surface area (Å²) in [4.78, 5) is 14.8. The summed E-state index contributed by atoms with van der Waals surface area (Å²) in [5.74, 6) is 0.676. The summed E-state index contributed by atoms with van der Waals surface area (Å²) in [5.41, 5.74) is 14.3. The predicted molar refractivity (Wildman–Crippen MR) is 250 cm³/mol. The van der Waals surface area contributed by atoms with Crippen molar-refractivity contribution < 1.29 is 4.42 Å². The normalized spacial score (nSPS) is 11.7. The van der Waals surface area contributed by atoms with Crippen molar-refractivity contribution in [2.75, 3.05) is 0 Å². The fourth-order valence-electron chi connectivity index (χ4n) is 8.69. The van der Waals surface area contributed by atoms with Crippen molar-refractivity contribution in [1.82, 2.24) is 15.0 Å². The van der Waals surface area contributed by atoms with Gasteiger partial charge in [0.2, 0.25) is 0 Å². The first-order valence-corrected chi connectivity index (χ1v) is 20.9. The number of pyridine rings is 1. The van der Waals surface area contributed by atoms with Crippen molar-refractivity contribution in [3.05, 3.63) is 200 Å². The molecule has 0 aliphatic heterocycles. The lowest BCUT2D eigenvalue weighted by Crippen LogP contribution is -1.96. The van der Waals surface area contributed by atoms with Crippen LogP contribution >= 0.6 is 11.3 Å². The second kappa shape index (κ2) is 14.0. The largest absolute Gasteiger partial charge is 0.455 e. The highest BCUT2D eigenvalue weighted by atomic mass is 32.1. The number of furan rings is 1. The zero-order valence-electron chi connectivity index (χ0n) is 32.2. The Labute approximate surface area is 349 Å². The zero-order chi connectivity index (χ0) is 39.6. The number of rotatable bonds is 6. The van der Waals surface area contributed by atoms with Gasteiger partial charge in [0.15, 0.2) is 5.82 Å². The van der Waals surface area contributed by atoms with Crippen LogP contribution in [0.25, 0.3) is 120 Å². The Morgan fingerprint density at radius 2 is 1.02 bits per heavy atom. The van der Waals surface area contributed by atoms with E-state index in [-0.39, 0.29) is 0 Å². The van der Waals surface area contributed by atoms with E-state index in [1.807, 2.05) is 53.9 Å². The van der Waals surface area contributed by atoms with Crippen LogP contribution in [0.2, 0.25) is 0 Å². The molecule has 8 aromatic carbocycles. The number of fused-ring (bicyclic) bond motifs is 7. The summed E-state index contributed by atoms with van der Waals surface area (Å²) in [6.45, 7) is 0. The van der Waals surface area contributed by atoms with Crippen molar-refractivity contribution >= 4 is 64.4 Å². The van der Waals surface area contributed by atoms with Gasteiger partial charge in [-0.25, -0.2) is 9.97 Å². The molecule has 0 spiro atoms. The third-order valence-electron chi connectivity index (χ3n) is 11.6. The van der Waals surface area contributed by atoms with Gasteiger partial charge >= 0.3 is 0 Å². The number of thiophene rings is 1. The Kier molecular flexibility index (Phi) is 8.00. The Morgan fingerprint density at radius 3 is 1.85 bits per heavy atom. The van der Waals surface area contributed by atoms with E-state index in [0.29, 0.717) is 5.82 Å². The highest BCUT2D eigenvalue weighted by Crippen LogP contribution is 2.46. The molecule has 12 aromatic rings. The second-order valence-corrected chi connectivity index (χ2v) is 16.2. The molecule has 0 saturated heterocycles. The maximum Gasteiger partial charge on any atom is 0.160 e. The molecule has 12 rings (SSSR count). The van der Waals surface area contributed by atoms with Gasteiger partial charge in [0.1, 0.15) is 11.2 Å². The first kappa shape index (κ1) is 34.3. The molecule has 0 N–H and O–H groups in total. The van der Waals surface area contributed by atoms with Crippen molar-refractivity contribution in [2.24, 2.45) is 0 Å². The monoisotopic (exact) mass is 783 g/mol. The van der Waals surface area contributed by atoms with Gasteiger partial charge in [0.25, 0.3) is 0 Å². The molecular weight excluding hydrogens is 751 g/mol. The lowest BCUT2D eigenvalue weighted by Gasteiger charge is -2.12. The van der Waals surface area contributed by atoms with Crippen LogP contribution in [0, 0.1) is 0 Å². The van der Waals surface area contributed by atoms with Crippen LogP contribution in [0.15, 0.2) is 205 Å². The number of aromatic nitrogens is 3. The van der Waals surface area contributed by atoms with Crippen LogP contribution in [-0.2, 0) is 0 Å². The number of nitrogens with zero attached hydrogens (tertiary/aromatic N) is 3. The molecule has 0 amide bonds. The second-order valence-electron chi connectivity index (χ2n) is 15.1. The summed E-state index contributed by atoms with van der Waals surface area (Å²) >= 11 is 1.86. The molecule has 0 atom stereocenters. The van der Waals surface area contributed by atoms with Gasteiger partial charge in [-0.1, -0.05) is 158 Å². The summed E-state index contributed by atoms with van der Waals surface area (Å²) in [6.07, 6.45) is 1.84. The lowest BCUT2D eigenvalue weighted by atomic mass is 9.93. The van der Waals surface area contributed by atoms with Crippen LogP contribution in [0.1, 0.15) is 0 Å². The molecule has 0 fully saturated rings. The molecule has 0 bridgehead atoms. The molecule has 4 aromatic heterocycles. The average Bonchev–Trinajstić information content (AvgIpc) is 3.91. The lowest BCUT2D eigenvalue weighted by molar-refractivity contribution is 0.670. The van der Waals surface area contributed by atoms with E-state index in [0.717, 1.165) is 83.2 Å². The van der Waals surface area contributed by atoms with Gasteiger partial charge < -0.3 is 4.42 Å². The minimum Gasteiger partial charge on any atom is -0.455 e. The van der Waals surface area contributed by atoms with Crippen molar-refractivity contribution in [2.45, 2.75) is 0 Å². The molecule has 5 heteroatoms. The molecular formula is C55H33N3OS. The zero-order valence-corrected chi connectivity index (χ0v) is 33.0. The summed E-state index contributed by atoms with van der Waals surface area (Å²) in [5, 5.41) is 5.95. The van der Waals surface area contributed by atoms with Crippen LogP contribution in [0.3, 0.4) is 0 Å². The van der Waals surface area contributed by atoms with E-state index in [9.17, 15) is 0 Å². The summed E-state index contributed by atoms with van der Waals surface area (Å²) in [6, 6.07) is 68.2. The molecule has 60 heavy (non-hydrogen) atoms. The minimum absolute atomic E-state index is 0.676. The van der Waals surface area contributed by atoms with Crippen LogP contribution in [0.4, 0.5) is 0 Å². The highest BCUT2D eigenvalue weighted by molar-refractivity contribution is 7.26. The Balaban J connectivity index is 0.952. The van der Waals surface area contributed by atoms with E-state index in [2.05, 4.69) is 163 Å². The van der Waals surface area contributed by atoms with Gasteiger partial charge in [0, 0.05) is 70.3 Å². The smallest absolute Gasteiger partial charge is 0.160 e. The Bertz CT molecular complexity index is 3580. The highest BCUT2D eigenvalue weighted by Gasteiger charge is 2.20. The number of para-hydroxylation sites is 1. The SMILES string of the molecule is c1ccc(-c2cc(-c3ccc(-c4ccc(-c5cccc6c5sc5ccccc56)c5c4oc4ccccc45)cc3)nc(-c3ccc(-c4cccc5ncccc45)cc3)n2)cc1. The first-order chi connectivity index (χ1) is 29.7. The van der Waals surface area contributed by atoms with E-state index >= 15 is 0 Å². The Morgan fingerprint density at radius 1 is 0.400 bits per heavy atom. The molecule has 0 saturated carbocycles. The van der Waals surface area contributed by atoms with E-state index < -0.39 is 0 Å². The number of hydrogen-bond donors (Lipinski definition) is 0. The maximum atomic E-state index is 6.75. The quantitative estimate of drug-likeness (QED) is 0.169. The van der Waals surface area contributed by atoms with Gasteiger partial charge in [0.05, 0.1) is 16.9 Å². The van der Waals surface area contributed by atoms with Crippen LogP contribution in [-0.4, -0.2) is 15.0 Å². The van der Waals surface area contributed by atoms with E-state index in [1.54, 1.807) is 0 Å². The van der Waals surface area contributed by atoms with Crippen LogP contribution in [0.5, 0.6) is 0 Å². The molecule has 0 aliphatic rings. The predicted octanol–water partition coefficient (Wildman–Crippen LogP) is 15.3. The van der Waals surface area contributed by atoms with Crippen molar-refractivity contribution in [1.29, 1.82) is 0 Å². The first-order valence-electron chi connectivity index (χ1n) is 20.1. The minimum atomic E-state index is 0.676. The third kappa shape index (κ3) is 5.70. The molecule has 280 valence electrons. The topological polar surface area (TPSA) is 51.8 Å². The van der Waals surface area contributed by atoms with Crippen molar-refractivity contribution in [3.63, 3.8) is 0 Å². The fourth-order valence-corrected chi connectivity index (χ4v) is 9.93. The maximum absolute atomic E-state index is 6.75. The molecule has 0 unspecified atom stereocenters. The molecule has 0 radical (unpaired) electrons. The van der Waals surface area contributed by atoms with E-state index in [1.165, 1.54) is 31.3 Å².